The summed E-state index contributed by atoms with van der Waals surface area (Å²) in [5.41, 5.74) is 3.64. The fourth-order valence-corrected chi connectivity index (χ4v) is 3.57. The maximum atomic E-state index is 13.8. The van der Waals surface area contributed by atoms with E-state index in [1.165, 1.54) is 6.07 Å². The summed E-state index contributed by atoms with van der Waals surface area (Å²) in [6.45, 7) is 7.06. The van der Waals surface area contributed by atoms with E-state index < -0.39 is 0 Å². The van der Waals surface area contributed by atoms with Crippen LogP contribution in [0.5, 0.6) is 0 Å². The number of benzene rings is 1. The van der Waals surface area contributed by atoms with Gasteiger partial charge in [-0.15, -0.1) is 0 Å². The number of nitrogens with zero attached hydrogens (tertiary/aromatic N) is 5. The molecule has 3 heterocycles. The summed E-state index contributed by atoms with van der Waals surface area (Å²) < 4.78 is 15.5. The van der Waals surface area contributed by atoms with Gasteiger partial charge in [-0.1, -0.05) is 18.2 Å². The van der Waals surface area contributed by atoms with Crippen molar-refractivity contribution in [2.45, 2.75) is 20.4 Å². The summed E-state index contributed by atoms with van der Waals surface area (Å²) in [7, 11) is 0. The second kappa shape index (κ2) is 7.08. The van der Waals surface area contributed by atoms with Gasteiger partial charge in [-0.05, 0) is 26.0 Å². The Morgan fingerprint density at radius 3 is 2.63 bits per heavy atom. The van der Waals surface area contributed by atoms with Crippen molar-refractivity contribution in [1.29, 1.82) is 0 Å². The van der Waals surface area contributed by atoms with Gasteiger partial charge in [-0.3, -0.25) is 9.69 Å². The topological polar surface area (TPSA) is 53.7 Å². The van der Waals surface area contributed by atoms with Gasteiger partial charge in [0.15, 0.2) is 5.65 Å². The molecule has 2 aromatic heterocycles. The Balaban J connectivity index is 1.46. The summed E-state index contributed by atoms with van der Waals surface area (Å²) in [5.74, 6) is -0.229. The summed E-state index contributed by atoms with van der Waals surface area (Å²) >= 11 is 0. The Hall–Kier alpha value is -2.80. The van der Waals surface area contributed by atoms with Gasteiger partial charge in [0.2, 0.25) is 0 Å². The predicted molar refractivity (Wildman–Crippen MR) is 100 cm³/mol. The molecular formula is C20H22FN5O. The second-order valence-electron chi connectivity index (χ2n) is 6.99. The Morgan fingerprint density at radius 1 is 1.15 bits per heavy atom. The lowest BCUT2D eigenvalue weighted by atomic mass is 10.1. The van der Waals surface area contributed by atoms with E-state index in [0.29, 0.717) is 49.5 Å². The minimum Gasteiger partial charge on any atom is -0.336 e. The molecular weight excluding hydrogens is 345 g/mol. The molecule has 27 heavy (non-hydrogen) atoms. The molecule has 0 unspecified atom stereocenters. The average Bonchev–Trinajstić information content (AvgIpc) is 3.08. The minimum absolute atomic E-state index is 0.0481. The second-order valence-corrected chi connectivity index (χ2v) is 6.99. The first-order chi connectivity index (χ1) is 13.0. The molecule has 0 bridgehead atoms. The van der Waals surface area contributed by atoms with Crippen molar-refractivity contribution in [3.63, 3.8) is 0 Å². The van der Waals surface area contributed by atoms with Gasteiger partial charge >= 0.3 is 0 Å². The zero-order valence-electron chi connectivity index (χ0n) is 15.5. The minimum atomic E-state index is -0.181. The molecule has 1 aliphatic rings. The molecule has 4 rings (SSSR count). The van der Waals surface area contributed by atoms with Gasteiger partial charge in [0.25, 0.3) is 5.91 Å². The average molecular weight is 367 g/mol. The standard InChI is InChI=1S/C20H22FN5O/c1-14-11-15(2)26-19(23-14)17(12-22-26)20(27)25-9-7-24(8-10-25)13-16-5-3-4-6-18(16)21/h3-6,11-12H,7-10,13H2,1-2H3. The molecule has 0 radical (unpaired) electrons. The van der Waals surface area contributed by atoms with Gasteiger partial charge < -0.3 is 4.90 Å². The van der Waals surface area contributed by atoms with E-state index in [0.717, 1.165) is 11.4 Å². The van der Waals surface area contributed by atoms with Crippen molar-refractivity contribution in [1.82, 2.24) is 24.4 Å². The van der Waals surface area contributed by atoms with Crippen molar-refractivity contribution in [2.75, 3.05) is 26.2 Å². The number of halogens is 1. The van der Waals surface area contributed by atoms with E-state index in [2.05, 4.69) is 15.0 Å². The van der Waals surface area contributed by atoms with E-state index >= 15 is 0 Å². The number of carbonyl (C=O) groups is 1. The lowest BCUT2D eigenvalue weighted by Crippen LogP contribution is -2.48. The largest absolute Gasteiger partial charge is 0.336 e. The fourth-order valence-electron chi connectivity index (χ4n) is 3.57. The number of aryl methyl sites for hydroxylation is 2. The lowest BCUT2D eigenvalue weighted by molar-refractivity contribution is 0.0628. The van der Waals surface area contributed by atoms with Crippen LogP contribution < -0.4 is 0 Å². The summed E-state index contributed by atoms with van der Waals surface area (Å²) in [6.07, 6.45) is 1.60. The van der Waals surface area contributed by atoms with Gasteiger partial charge in [0.05, 0.1) is 6.20 Å². The molecule has 0 aliphatic carbocycles. The van der Waals surface area contributed by atoms with Crippen LogP contribution in [0, 0.1) is 19.7 Å². The summed E-state index contributed by atoms with van der Waals surface area (Å²) in [5, 5.41) is 4.31. The third-order valence-electron chi connectivity index (χ3n) is 5.02. The number of fused-ring (bicyclic) bond motifs is 1. The molecule has 6 nitrogen and oxygen atoms in total. The molecule has 1 saturated heterocycles. The number of hydrogen-bond donors (Lipinski definition) is 0. The molecule has 1 amide bonds. The summed E-state index contributed by atoms with van der Waals surface area (Å²) in [6, 6.07) is 8.78. The Labute approximate surface area is 157 Å². The number of hydrogen-bond acceptors (Lipinski definition) is 4. The predicted octanol–water partition coefficient (Wildman–Crippen LogP) is 2.44. The van der Waals surface area contributed by atoms with Crippen molar-refractivity contribution in [3.05, 3.63) is 64.9 Å². The highest BCUT2D eigenvalue weighted by molar-refractivity contribution is 5.99. The lowest BCUT2D eigenvalue weighted by Gasteiger charge is -2.34. The molecule has 3 aromatic rings. The monoisotopic (exact) mass is 367 g/mol. The summed E-state index contributed by atoms with van der Waals surface area (Å²) in [4.78, 5) is 21.5. The number of amides is 1. The molecule has 0 N–H and O–H groups in total. The van der Waals surface area contributed by atoms with Crippen LogP contribution >= 0.6 is 0 Å². The van der Waals surface area contributed by atoms with Crippen molar-refractivity contribution >= 4 is 11.6 Å². The molecule has 0 atom stereocenters. The van der Waals surface area contributed by atoms with Crippen LogP contribution in [0.15, 0.2) is 36.5 Å². The molecule has 0 spiro atoms. The highest BCUT2D eigenvalue weighted by Crippen LogP contribution is 2.17. The molecule has 0 saturated carbocycles. The molecule has 1 fully saturated rings. The molecule has 1 aromatic carbocycles. The third-order valence-corrected chi connectivity index (χ3v) is 5.02. The number of aromatic nitrogens is 3. The number of rotatable bonds is 3. The van der Waals surface area contributed by atoms with Crippen molar-refractivity contribution in [2.24, 2.45) is 0 Å². The maximum absolute atomic E-state index is 13.8. The third kappa shape index (κ3) is 3.42. The smallest absolute Gasteiger partial charge is 0.259 e. The first-order valence-corrected chi connectivity index (χ1v) is 9.10. The van der Waals surface area contributed by atoms with Crippen LogP contribution in [0.2, 0.25) is 0 Å². The first kappa shape index (κ1) is 17.6. The van der Waals surface area contributed by atoms with E-state index in [4.69, 9.17) is 0 Å². The van der Waals surface area contributed by atoms with Crippen LogP contribution in [0.1, 0.15) is 27.3 Å². The first-order valence-electron chi connectivity index (χ1n) is 9.10. The quantitative estimate of drug-likeness (QED) is 0.714. The maximum Gasteiger partial charge on any atom is 0.259 e. The fraction of sp³-hybridized carbons (Fsp3) is 0.350. The van der Waals surface area contributed by atoms with E-state index in [1.54, 1.807) is 16.8 Å². The highest BCUT2D eigenvalue weighted by Gasteiger charge is 2.25. The van der Waals surface area contributed by atoms with Crippen molar-refractivity contribution < 1.29 is 9.18 Å². The van der Waals surface area contributed by atoms with Crippen LogP contribution in [-0.2, 0) is 6.54 Å². The number of piperazine rings is 1. The van der Waals surface area contributed by atoms with Gasteiger partial charge in [-0.25, -0.2) is 13.9 Å². The van der Waals surface area contributed by atoms with Gasteiger partial charge in [0.1, 0.15) is 11.4 Å². The van der Waals surface area contributed by atoms with Crippen LogP contribution in [0.25, 0.3) is 5.65 Å². The van der Waals surface area contributed by atoms with E-state index in [9.17, 15) is 9.18 Å². The molecule has 7 heteroatoms. The highest BCUT2D eigenvalue weighted by atomic mass is 19.1. The van der Waals surface area contributed by atoms with Gasteiger partial charge in [0, 0.05) is 49.7 Å². The van der Waals surface area contributed by atoms with Crippen LogP contribution in [0.3, 0.4) is 0 Å². The normalized spacial score (nSPS) is 15.4. The molecule has 1 aliphatic heterocycles. The zero-order chi connectivity index (χ0) is 19.0. The van der Waals surface area contributed by atoms with E-state index in [1.807, 2.05) is 36.9 Å². The van der Waals surface area contributed by atoms with Gasteiger partial charge in [-0.2, -0.15) is 5.10 Å². The van der Waals surface area contributed by atoms with Crippen LogP contribution in [0.4, 0.5) is 4.39 Å². The molecule has 140 valence electrons. The Morgan fingerprint density at radius 2 is 1.89 bits per heavy atom. The number of carbonyl (C=O) groups excluding carboxylic acids is 1. The van der Waals surface area contributed by atoms with Crippen molar-refractivity contribution in [3.8, 4) is 0 Å². The SMILES string of the molecule is Cc1cc(C)n2ncc(C(=O)N3CCN(Cc4ccccc4F)CC3)c2n1. The zero-order valence-corrected chi connectivity index (χ0v) is 15.5. The van der Waals surface area contributed by atoms with Crippen LogP contribution in [-0.4, -0.2) is 56.5 Å². The Bertz CT molecular complexity index is 991. The van der Waals surface area contributed by atoms with E-state index in [-0.39, 0.29) is 11.7 Å². The Kier molecular flexibility index (Phi) is 4.61.